The molecular formula is C8H11N3O4. The minimum absolute atomic E-state index is 0.131. The van der Waals surface area contributed by atoms with Crippen molar-refractivity contribution in [3.63, 3.8) is 0 Å². The molecule has 1 aromatic rings. The summed E-state index contributed by atoms with van der Waals surface area (Å²) in [7, 11) is 0. The van der Waals surface area contributed by atoms with E-state index in [2.05, 4.69) is 4.98 Å². The smallest absolute Gasteiger partial charge is 0.414 e. The van der Waals surface area contributed by atoms with Gasteiger partial charge in [-0.15, -0.1) is 0 Å². The zero-order valence-corrected chi connectivity index (χ0v) is 8.21. The second-order valence-electron chi connectivity index (χ2n) is 3.79. The molecule has 2 heterocycles. The highest BCUT2D eigenvalue weighted by Crippen LogP contribution is 2.29. The highest BCUT2D eigenvalue weighted by Gasteiger charge is 2.35. The van der Waals surface area contributed by atoms with Crippen LogP contribution in [0.2, 0.25) is 0 Å². The lowest BCUT2D eigenvalue weighted by Crippen LogP contribution is -2.41. The van der Waals surface area contributed by atoms with Gasteiger partial charge in [0.15, 0.2) is 0 Å². The number of fused-ring (bicyclic) bond motifs is 1. The van der Waals surface area contributed by atoms with Crippen LogP contribution in [0.1, 0.15) is 13.3 Å². The average Bonchev–Trinajstić information content (AvgIpc) is 2.60. The van der Waals surface area contributed by atoms with Crippen LogP contribution in [0.4, 0.5) is 5.82 Å². The van der Waals surface area contributed by atoms with Gasteiger partial charge in [0.1, 0.15) is 11.8 Å². The van der Waals surface area contributed by atoms with Gasteiger partial charge in [-0.2, -0.15) is 0 Å². The van der Waals surface area contributed by atoms with Crippen molar-refractivity contribution in [1.29, 1.82) is 0 Å². The molecule has 82 valence electrons. The summed E-state index contributed by atoms with van der Waals surface area (Å²) in [5.41, 5.74) is -0.685. The van der Waals surface area contributed by atoms with Crippen molar-refractivity contribution in [2.45, 2.75) is 25.5 Å². The molecule has 0 fully saturated rings. The summed E-state index contributed by atoms with van der Waals surface area (Å²) in [5.74, 6) is -0.229. The van der Waals surface area contributed by atoms with E-state index in [0.717, 1.165) is 0 Å². The fourth-order valence-corrected chi connectivity index (χ4v) is 1.45. The Balaban J connectivity index is 2.30. The third kappa shape index (κ3) is 1.65. The van der Waals surface area contributed by atoms with Gasteiger partial charge in [-0.25, -0.2) is 0 Å². The Morgan fingerprint density at radius 3 is 3.20 bits per heavy atom. The molecule has 0 aliphatic carbocycles. The molecule has 0 radical (unpaired) electrons. The van der Waals surface area contributed by atoms with E-state index in [4.69, 9.17) is 9.84 Å². The number of imidazole rings is 1. The molecule has 0 aromatic carbocycles. The molecular weight excluding hydrogens is 202 g/mol. The van der Waals surface area contributed by atoms with Crippen LogP contribution >= 0.6 is 0 Å². The Kier molecular flexibility index (Phi) is 2.11. The topological polar surface area (TPSA) is 90.4 Å². The van der Waals surface area contributed by atoms with E-state index in [1.165, 1.54) is 6.20 Å². The molecule has 0 saturated heterocycles. The van der Waals surface area contributed by atoms with Crippen LogP contribution in [0.3, 0.4) is 0 Å². The van der Waals surface area contributed by atoms with Crippen molar-refractivity contribution in [1.82, 2.24) is 9.55 Å². The van der Waals surface area contributed by atoms with Gasteiger partial charge in [0, 0.05) is 17.9 Å². The van der Waals surface area contributed by atoms with E-state index in [1.807, 2.05) is 0 Å². The minimum Gasteiger partial charge on any atom is -0.437 e. The van der Waals surface area contributed by atoms with Crippen molar-refractivity contribution in [3.8, 4) is 6.01 Å². The summed E-state index contributed by atoms with van der Waals surface area (Å²) in [6.07, 6.45) is 1.94. The van der Waals surface area contributed by atoms with Crippen molar-refractivity contribution in [2.75, 3.05) is 6.61 Å². The molecule has 7 nitrogen and oxygen atoms in total. The summed E-state index contributed by atoms with van der Waals surface area (Å²) < 4.78 is 6.98. The molecule has 0 bridgehead atoms. The Bertz CT molecular complexity index is 403. The van der Waals surface area contributed by atoms with Crippen LogP contribution in [0, 0.1) is 10.1 Å². The number of rotatable bonds is 2. The largest absolute Gasteiger partial charge is 0.437 e. The molecule has 1 aromatic heterocycles. The first-order valence-electron chi connectivity index (χ1n) is 4.55. The maximum atomic E-state index is 10.5. The molecule has 0 spiro atoms. The molecule has 15 heavy (non-hydrogen) atoms. The molecule has 2 rings (SSSR count). The molecule has 0 saturated carbocycles. The molecule has 1 aliphatic rings. The number of aromatic nitrogens is 2. The van der Waals surface area contributed by atoms with Gasteiger partial charge < -0.3 is 20.0 Å². The summed E-state index contributed by atoms with van der Waals surface area (Å²) in [5, 5.41) is 19.6. The molecule has 1 aliphatic heterocycles. The number of aliphatic hydroxyl groups is 1. The van der Waals surface area contributed by atoms with Crippen LogP contribution in [0.25, 0.3) is 0 Å². The third-order valence-electron chi connectivity index (χ3n) is 2.47. The van der Waals surface area contributed by atoms with Gasteiger partial charge in [0.05, 0.1) is 6.61 Å². The Morgan fingerprint density at radius 1 is 1.87 bits per heavy atom. The quantitative estimate of drug-likeness (QED) is 0.564. The monoisotopic (exact) mass is 213 g/mol. The molecule has 1 unspecified atom stereocenters. The summed E-state index contributed by atoms with van der Waals surface area (Å²) in [6, 6.07) is 0.199. The zero-order valence-electron chi connectivity index (χ0n) is 8.21. The van der Waals surface area contributed by atoms with Crippen LogP contribution < -0.4 is 4.74 Å². The lowest BCUT2D eigenvalue weighted by Gasteiger charge is -2.30. The number of hydrogen-bond acceptors (Lipinski definition) is 5. The highest BCUT2D eigenvalue weighted by molar-refractivity contribution is 5.22. The van der Waals surface area contributed by atoms with Gasteiger partial charge in [-0.1, -0.05) is 0 Å². The first kappa shape index (κ1) is 9.91. The third-order valence-corrected chi connectivity index (χ3v) is 2.47. The van der Waals surface area contributed by atoms with Crippen LogP contribution in [-0.2, 0) is 6.54 Å². The summed E-state index contributed by atoms with van der Waals surface area (Å²) in [4.78, 5) is 13.6. The molecule has 1 atom stereocenters. The highest BCUT2D eigenvalue weighted by atomic mass is 16.6. The van der Waals surface area contributed by atoms with Gasteiger partial charge in [0.2, 0.25) is 0 Å². The summed E-state index contributed by atoms with van der Waals surface area (Å²) >= 11 is 0. The number of aryl methyl sites for hydroxylation is 1. The normalized spacial score (nSPS) is 24.4. The SMILES string of the molecule is CC1(CO)CCn2cc([N+](=O)[O-])nc2O1. The number of nitro groups is 1. The van der Waals surface area contributed by atoms with E-state index in [9.17, 15) is 10.1 Å². The van der Waals surface area contributed by atoms with E-state index >= 15 is 0 Å². The van der Waals surface area contributed by atoms with Crippen LogP contribution in [0.15, 0.2) is 6.20 Å². The van der Waals surface area contributed by atoms with Crippen molar-refractivity contribution in [2.24, 2.45) is 0 Å². The lowest BCUT2D eigenvalue weighted by molar-refractivity contribution is -0.389. The predicted octanol–water partition coefficient (Wildman–Crippen LogP) is 0.325. The second kappa shape index (κ2) is 3.20. The van der Waals surface area contributed by atoms with E-state index in [1.54, 1.807) is 11.5 Å². The standard InChI is InChI=1S/C8H11N3O4/c1-8(5-12)2-3-10-4-6(11(13)14)9-7(10)15-8/h4,12H,2-3,5H2,1H3. The van der Waals surface area contributed by atoms with Gasteiger partial charge in [-0.3, -0.25) is 4.57 Å². The maximum absolute atomic E-state index is 10.5. The van der Waals surface area contributed by atoms with Gasteiger partial charge >= 0.3 is 11.8 Å². The Morgan fingerprint density at radius 2 is 2.60 bits per heavy atom. The van der Waals surface area contributed by atoms with Crippen molar-refractivity contribution in [3.05, 3.63) is 16.3 Å². The van der Waals surface area contributed by atoms with Crippen molar-refractivity contribution >= 4 is 5.82 Å². The number of aliphatic hydroxyl groups excluding tert-OH is 1. The number of hydrogen-bond donors (Lipinski definition) is 1. The second-order valence-corrected chi connectivity index (χ2v) is 3.79. The van der Waals surface area contributed by atoms with Gasteiger partial charge in [0.25, 0.3) is 0 Å². The maximum Gasteiger partial charge on any atom is 0.414 e. The predicted molar refractivity (Wildman–Crippen MR) is 49.6 cm³/mol. The van der Waals surface area contributed by atoms with Crippen LogP contribution in [0.5, 0.6) is 6.01 Å². The molecule has 7 heteroatoms. The van der Waals surface area contributed by atoms with E-state index in [0.29, 0.717) is 13.0 Å². The molecule has 1 N–H and O–H groups in total. The Hall–Kier alpha value is -1.63. The van der Waals surface area contributed by atoms with E-state index in [-0.39, 0.29) is 18.4 Å². The fraction of sp³-hybridized carbons (Fsp3) is 0.625. The zero-order chi connectivity index (χ0) is 11.1. The van der Waals surface area contributed by atoms with Gasteiger partial charge in [-0.05, 0) is 11.8 Å². The summed E-state index contributed by atoms with van der Waals surface area (Å²) in [6.45, 7) is 2.18. The fourth-order valence-electron chi connectivity index (χ4n) is 1.45. The average molecular weight is 213 g/mol. The Labute approximate surface area is 85.4 Å². The first-order chi connectivity index (χ1) is 7.04. The van der Waals surface area contributed by atoms with E-state index < -0.39 is 10.5 Å². The minimum atomic E-state index is -0.685. The first-order valence-corrected chi connectivity index (χ1v) is 4.55. The number of nitrogens with zero attached hydrogens (tertiary/aromatic N) is 3. The molecule has 0 amide bonds. The number of ether oxygens (including phenoxy) is 1. The lowest BCUT2D eigenvalue weighted by atomic mass is 10.0. The van der Waals surface area contributed by atoms with Crippen molar-refractivity contribution < 1.29 is 14.8 Å². The van der Waals surface area contributed by atoms with Crippen LogP contribution in [-0.4, -0.2) is 31.8 Å².